The quantitative estimate of drug-likeness (QED) is 0.374. The number of hydrogen-bond acceptors (Lipinski definition) is 5. The summed E-state index contributed by atoms with van der Waals surface area (Å²) in [6.45, 7) is 0.554. The van der Waals surface area contributed by atoms with E-state index in [1.807, 2.05) is 30.3 Å². The summed E-state index contributed by atoms with van der Waals surface area (Å²) in [6.07, 6.45) is 1.35. The van der Waals surface area contributed by atoms with Crippen LogP contribution in [0.15, 0.2) is 53.6 Å². The molecule has 0 bridgehead atoms. The molecule has 0 saturated heterocycles. The molecule has 0 spiro atoms. The van der Waals surface area contributed by atoms with Crippen molar-refractivity contribution in [2.24, 2.45) is 5.10 Å². The monoisotopic (exact) mass is 329 g/mol. The van der Waals surface area contributed by atoms with Gasteiger partial charge in [0.1, 0.15) is 0 Å². The second kappa shape index (κ2) is 7.85. The molecule has 0 fully saturated rings. The molecule has 118 valence electrons. The first-order chi connectivity index (χ1) is 11.1. The highest BCUT2D eigenvalue weighted by Crippen LogP contribution is 2.22. The molecule has 2 rings (SSSR count). The third kappa shape index (κ3) is 5.04. The summed E-state index contributed by atoms with van der Waals surface area (Å²) in [5.74, 6) is -0.639. The number of nitro benzene ring substituents is 1. The summed E-state index contributed by atoms with van der Waals surface area (Å²) in [5.41, 5.74) is 3.62. The highest BCUT2D eigenvalue weighted by Gasteiger charge is 2.06. The Kier molecular flexibility index (Phi) is 5.59. The van der Waals surface area contributed by atoms with Crippen molar-refractivity contribution >= 4 is 29.2 Å². The standard InChI is InChI=1S/C15H14N4O3S/c20-14-7-6-12(8-13(14)19(21)22)10-17-18-15(23)16-9-11-4-2-1-3-5-11/h1-8,10,20H,9H2,(H2,16,18,23)/p-1/b17-10-. The number of hydrazone groups is 1. The lowest BCUT2D eigenvalue weighted by Gasteiger charge is -2.07. The molecule has 2 aromatic rings. The fourth-order valence-corrected chi connectivity index (χ4v) is 1.87. The van der Waals surface area contributed by atoms with Gasteiger partial charge in [-0.2, -0.15) is 5.10 Å². The Morgan fingerprint density at radius 1 is 1.26 bits per heavy atom. The zero-order valence-corrected chi connectivity index (χ0v) is 12.7. The molecule has 0 aliphatic carbocycles. The van der Waals surface area contributed by atoms with Gasteiger partial charge in [-0.1, -0.05) is 42.5 Å². The number of rotatable bonds is 5. The van der Waals surface area contributed by atoms with E-state index in [2.05, 4.69) is 15.8 Å². The topological polar surface area (TPSA) is 103 Å². The molecule has 0 saturated carbocycles. The SMILES string of the molecule is O=[N+]([O-])c1cc(/C=N\NC(=S)NCc2ccccc2)ccc1[O-]. The van der Waals surface area contributed by atoms with Gasteiger partial charge >= 0.3 is 0 Å². The number of benzene rings is 2. The Morgan fingerprint density at radius 2 is 2.00 bits per heavy atom. The predicted octanol–water partition coefficient (Wildman–Crippen LogP) is 1.67. The van der Waals surface area contributed by atoms with Gasteiger partial charge in [0.2, 0.25) is 0 Å². The smallest absolute Gasteiger partial charge is 0.262 e. The second-order valence-corrected chi connectivity index (χ2v) is 4.93. The van der Waals surface area contributed by atoms with E-state index in [1.54, 1.807) is 0 Å². The minimum absolute atomic E-state index is 0.319. The van der Waals surface area contributed by atoms with Gasteiger partial charge in [-0.25, -0.2) is 0 Å². The minimum atomic E-state index is -0.723. The highest BCUT2D eigenvalue weighted by atomic mass is 32.1. The summed E-state index contributed by atoms with van der Waals surface area (Å²) in [6, 6.07) is 13.4. The first-order valence-electron chi connectivity index (χ1n) is 6.62. The Bertz CT molecular complexity index is 735. The lowest BCUT2D eigenvalue weighted by atomic mass is 10.2. The van der Waals surface area contributed by atoms with E-state index in [0.29, 0.717) is 17.2 Å². The molecular formula is C15H13N4O3S-. The number of nitrogens with zero attached hydrogens (tertiary/aromatic N) is 2. The van der Waals surface area contributed by atoms with Gasteiger partial charge in [0, 0.05) is 18.2 Å². The van der Waals surface area contributed by atoms with Crippen LogP contribution in [0, 0.1) is 10.1 Å². The molecule has 0 heterocycles. The number of hydrogen-bond donors (Lipinski definition) is 2. The molecule has 23 heavy (non-hydrogen) atoms. The van der Waals surface area contributed by atoms with Crippen LogP contribution in [0.3, 0.4) is 0 Å². The summed E-state index contributed by atoms with van der Waals surface area (Å²) >= 11 is 5.06. The van der Waals surface area contributed by atoms with Crippen molar-refractivity contribution in [3.05, 3.63) is 69.8 Å². The molecule has 0 atom stereocenters. The third-order valence-corrected chi connectivity index (χ3v) is 3.09. The van der Waals surface area contributed by atoms with Gasteiger partial charge in [0.05, 0.1) is 11.1 Å². The molecule has 2 N–H and O–H groups in total. The minimum Gasteiger partial charge on any atom is -0.868 e. The van der Waals surface area contributed by atoms with Crippen LogP contribution in [-0.2, 0) is 6.54 Å². The molecule has 7 nitrogen and oxygen atoms in total. The van der Waals surface area contributed by atoms with Crippen molar-refractivity contribution in [1.82, 2.24) is 10.7 Å². The van der Waals surface area contributed by atoms with E-state index >= 15 is 0 Å². The maximum absolute atomic E-state index is 11.3. The largest absolute Gasteiger partial charge is 0.868 e. The van der Waals surface area contributed by atoms with Gasteiger partial charge in [-0.05, 0) is 23.5 Å². The zero-order valence-electron chi connectivity index (χ0n) is 11.9. The van der Waals surface area contributed by atoms with Crippen LogP contribution >= 0.6 is 12.2 Å². The molecule has 0 unspecified atom stereocenters. The molecule has 0 amide bonds. The van der Waals surface area contributed by atoms with Crippen molar-refractivity contribution in [3.8, 4) is 5.75 Å². The van der Waals surface area contributed by atoms with Crippen LogP contribution < -0.4 is 15.8 Å². The van der Waals surface area contributed by atoms with Gasteiger partial charge in [-0.3, -0.25) is 15.5 Å². The Labute approximate surface area is 137 Å². The second-order valence-electron chi connectivity index (χ2n) is 4.52. The Morgan fingerprint density at radius 3 is 2.70 bits per heavy atom. The molecular weight excluding hydrogens is 316 g/mol. The highest BCUT2D eigenvalue weighted by molar-refractivity contribution is 7.80. The van der Waals surface area contributed by atoms with Crippen LogP contribution in [-0.4, -0.2) is 16.3 Å². The van der Waals surface area contributed by atoms with Crippen molar-refractivity contribution in [3.63, 3.8) is 0 Å². The third-order valence-electron chi connectivity index (χ3n) is 2.86. The van der Waals surface area contributed by atoms with Gasteiger partial charge in [0.25, 0.3) is 5.69 Å². The van der Waals surface area contributed by atoms with Crippen LogP contribution in [0.4, 0.5) is 5.69 Å². The fraction of sp³-hybridized carbons (Fsp3) is 0.0667. The number of thiocarbonyl (C=S) groups is 1. The summed E-state index contributed by atoms with van der Waals surface area (Å²) in [7, 11) is 0. The Balaban J connectivity index is 1.87. The van der Waals surface area contributed by atoms with E-state index in [-0.39, 0.29) is 0 Å². The fourth-order valence-electron chi connectivity index (χ4n) is 1.74. The van der Waals surface area contributed by atoms with Crippen molar-refractivity contribution in [2.75, 3.05) is 0 Å². The van der Waals surface area contributed by atoms with E-state index < -0.39 is 16.4 Å². The lowest BCUT2D eigenvalue weighted by molar-refractivity contribution is -0.398. The van der Waals surface area contributed by atoms with Gasteiger partial charge in [0.15, 0.2) is 5.11 Å². The maximum atomic E-state index is 11.3. The Hall–Kier alpha value is -3.00. The average molecular weight is 329 g/mol. The first-order valence-corrected chi connectivity index (χ1v) is 7.03. The first kappa shape index (κ1) is 16.4. The molecule has 0 aliphatic rings. The summed E-state index contributed by atoms with van der Waals surface area (Å²) in [5, 5.41) is 29.1. The van der Waals surface area contributed by atoms with Crippen LogP contribution in [0.25, 0.3) is 0 Å². The molecule has 8 heteroatoms. The molecule has 0 aromatic heterocycles. The van der Waals surface area contributed by atoms with Crippen LogP contribution in [0.5, 0.6) is 5.75 Å². The molecule has 2 aromatic carbocycles. The zero-order chi connectivity index (χ0) is 16.7. The molecule has 0 aliphatic heterocycles. The average Bonchev–Trinajstić information content (AvgIpc) is 2.55. The van der Waals surface area contributed by atoms with Gasteiger partial charge in [-0.15, -0.1) is 0 Å². The van der Waals surface area contributed by atoms with Crippen molar-refractivity contribution in [1.29, 1.82) is 0 Å². The van der Waals surface area contributed by atoms with E-state index in [1.165, 1.54) is 12.3 Å². The lowest BCUT2D eigenvalue weighted by Crippen LogP contribution is -2.31. The van der Waals surface area contributed by atoms with Gasteiger partial charge < -0.3 is 10.4 Å². The number of nitrogens with one attached hydrogen (secondary N) is 2. The van der Waals surface area contributed by atoms with Crippen molar-refractivity contribution < 1.29 is 10.0 Å². The van der Waals surface area contributed by atoms with Crippen LogP contribution in [0.1, 0.15) is 11.1 Å². The summed E-state index contributed by atoms with van der Waals surface area (Å²) in [4.78, 5) is 9.97. The van der Waals surface area contributed by atoms with Crippen LogP contribution in [0.2, 0.25) is 0 Å². The van der Waals surface area contributed by atoms with E-state index in [4.69, 9.17) is 12.2 Å². The molecule has 0 radical (unpaired) electrons. The van der Waals surface area contributed by atoms with Crippen molar-refractivity contribution in [2.45, 2.75) is 6.54 Å². The number of nitro groups is 1. The van der Waals surface area contributed by atoms with E-state index in [0.717, 1.165) is 17.7 Å². The predicted molar refractivity (Wildman–Crippen MR) is 89.2 cm³/mol. The maximum Gasteiger partial charge on any atom is 0.262 e. The normalized spacial score (nSPS) is 10.4. The summed E-state index contributed by atoms with van der Waals surface area (Å²) < 4.78 is 0. The van der Waals surface area contributed by atoms with E-state index in [9.17, 15) is 15.2 Å².